The van der Waals surface area contributed by atoms with Gasteiger partial charge in [0.2, 0.25) is 0 Å². The predicted molar refractivity (Wildman–Crippen MR) is 59.3 cm³/mol. The molecule has 0 heterocycles. The van der Waals surface area contributed by atoms with Gasteiger partial charge in [0.25, 0.3) is 0 Å². The summed E-state index contributed by atoms with van der Waals surface area (Å²) in [7, 11) is 1.33. The molecule has 0 aliphatic rings. The molecule has 0 fully saturated rings. The van der Waals surface area contributed by atoms with Crippen LogP contribution in [0.1, 0.15) is 30.0 Å². The first-order valence-corrected chi connectivity index (χ1v) is 5.13. The van der Waals surface area contributed by atoms with Crippen LogP contribution >= 0.6 is 0 Å². The van der Waals surface area contributed by atoms with Crippen LogP contribution in [0.3, 0.4) is 0 Å². The average Bonchev–Trinajstić information content (AvgIpc) is 2.29. The number of rotatable bonds is 4. The molecule has 4 heteroatoms. The fraction of sp³-hybridized carbons (Fsp3) is 0.417. The van der Waals surface area contributed by atoms with Crippen LogP contribution in [0.2, 0.25) is 0 Å². The second kappa shape index (κ2) is 5.61. The van der Waals surface area contributed by atoms with Crippen LogP contribution in [-0.4, -0.2) is 13.1 Å². The van der Waals surface area contributed by atoms with Crippen LogP contribution in [-0.2, 0) is 9.53 Å². The molecule has 1 aromatic rings. The summed E-state index contributed by atoms with van der Waals surface area (Å²) in [6.07, 6.45) is 0.697. The summed E-state index contributed by atoms with van der Waals surface area (Å²) in [6.45, 7) is 1.69. The zero-order valence-electron chi connectivity index (χ0n) is 9.50. The molecular formula is C12H16FNO2. The molecule has 0 saturated heterocycles. The van der Waals surface area contributed by atoms with Gasteiger partial charge in [0.05, 0.1) is 7.11 Å². The van der Waals surface area contributed by atoms with Gasteiger partial charge in [-0.2, -0.15) is 0 Å². The van der Waals surface area contributed by atoms with E-state index in [1.807, 2.05) is 0 Å². The first-order valence-electron chi connectivity index (χ1n) is 5.13. The lowest BCUT2D eigenvalue weighted by molar-refractivity contribution is -0.140. The molecule has 1 unspecified atom stereocenters. The lowest BCUT2D eigenvalue weighted by Gasteiger charge is -2.11. The van der Waals surface area contributed by atoms with E-state index < -0.39 is 0 Å². The van der Waals surface area contributed by atoms with E-state index in [-0.39, 0.29) is 24.2 Å². The van der Waals surface area contributed by atoms with Gasteiger partial charge >= 0.3 is 5.97 Å². The molecule has 0 aromatic heterocycles. The number of hydrogen-bond acceptors (Lipinski definition) is 3. The summed E-state index contributed by atoms with van der Waals surface area (Å²) >= 11 is 0. The highest BCUT2D eigenvalue weighted by atomic mass is 19.1. The van der Waals surface area contributed by atoms with Crippen molar-refractivity contribution in [3.63, 3.8) is 0 Å². The minimum absolute atomic E-state index is 0.243. The van der Waals surface area contributed by atoms with Crippen molar-refractivity contribution in [1.29, 1.82) is 0 Å². The number of halogens is 1. The molecule has 1 atom stereocenters. The number of ether oxygens (including phenoxy) is 1. The third kappa shape index (κ3) is 3.31. The van der Waals surface area contributed by atoms with Crippen LogP contribution in [0.4, 0.5) is 4.39 Å². The van der Waals surface area contributed by atoms with Gasteiger partial charge in [0.15, 0.2) is 0 Å². The first kappa shape index (κ1) is 12.6. The van der Waals surface area contributed by atoms with E-state index in [9.17, 15) is 9.18 Å². The first-order chi connectivity index (χ1) is 7.54. The summed E-state index contributed by atoms with van der Waals surface area (Å²) in [5, 5.41) is 0. The number of methoxy groups -OCH3 is 1. The fourth-order valence-corrected chi connectivity index (χ4v) is 1.38. The topological polar surface area (TPSA) is 52.3 Å². The van der Waals surface area contributed by atoms with Crippen LogP contribution < -0.4 is 5.73 Å². The van der Waals surface area contributed by atoms with Crippen molar-refractivity contribution in [3.8, 4) is 0 Å². The van der Waals surface area contributed by atoms with Gasteiger partial charge in [-0.3, -0.25) is 4.79 Å². The molecule has 88 valence electrons. The number of carbonyl (C=O) groups excluding carboxylic acids is 1. The van der Waals surface area contributed by atoms with Gasteiger partial charge in [-0.1, -0.05) is 12.1 Å². The van der Waals surface area contributed by atoms with Crippen molar-refractivity contribution in [2.24, 2.45) is 5.73 Å². The predicted octanol–water partition coefficient (Wildman–Crippen LogP) is 2.09. The Bertz CT molecular complexity index is 379. The maximum atomic E-state index is 13.3. The lowest BCUT2D eigenvalue weighted by Crippen LogP contribution is -2.13. The lowest BCUT2D eigenvalue weighted by atomic mass is 10.0. The van der Waals surface area contributed by atoms with Gasteiger partial charge in [-0.05, 0) is 30.5 Å². The monoisotopic (exact) mass is 225 g/mol. The molecule has 0 spiro atoms. The molecule has 2 N–H and O–H groups in total. The molecule has 1 aromatic carbocycles. The largest absolute Gasteiger partial charge is 0.469 e. The van der Waals surface area contributed by atoms with Crippen molar-refractivity contribution in [2.45, 2.75) is 25.8 Å². The van der Waals surface area contributed by atoms with Crippen LogP contribution in [0, 0.1) is 12.7 Å². The molecule has 0 aliphatic carbocycles. The van der Waals surface area contributed by atoms with Crippen LogP contribution in [0.15, 0.2) is 18.2 Å². The van der Waals surface area contributed by atoms with Crippen LogP contribution in [0.25, 0.3) is 0 Å². The van der Waals surface area contributed by atoms with Crippen molar-refractivity contribution in [1.82, 2.24) is 0 Å². The summed E-state index contributed by atoms with van der Waals surface area (Å²) in [6, 6.07) is 4.54. The van der Waals surface area contributed by atoms with Crippen molar-refractivity contribution < 1.29 is 13.9 Å². The van der Waals surface area contributed by atoms with Gasteiger partial charge in [0, 0.05) is 12.5 Å². The Labute approximate surface area is 94.4 Å². The highest BCUT2D eigenvalue weighted by Crippen LogP contribution is 2.18. The Morgan fingerprint density at radius 1 is 1.56 bits per heavy atom. The van der Waals surface area contributed by atoms with E-state index in [1.165, 1.54) is 13.2 Å². The number of benzene rings is 1. The molecule has 0 saturated carbocycles. The fourth-order valence-electron chi connectivity index (χ4n) is 1.38. The van der Waals surface area contributed by atoms with E-state index in [1.54, 1.807) is 19.1 Å². The minimum Gasteiger partial charge on any atom is -0.469 e. The van der Waals surface area contributed by atoms with Crippen molar-refractivity contribution >= 4 is 5.97 Å². The minimum atomic E-state index is -0.339. The third-order valence-electron chi connectivity index (χ3n) is 2.51. The average molecular weight is 225 g/mol. The number of hydrogen-bond donors (Lipinski definition) is 1. The van der Waals surface area contributed by atoms with Gasteiger partial charge in [-0.15, -0.1) is 0 Å². The zero-order chi connectivity index (χ0) is 12.1. The van der Waals surface area contributed by atoms with Crippen LogP contribution in [0.5, 0.6) is 0 Å². The third-order valence-corrected chi connectivity index (χ3v) is 2.51. The molecule has 0 bridgehead atoms. The molecule has 3 nitrogen and oxygen atoms in total. The molecule has 0 aliphatic heterocycles. The summed E-state index contributed by atoms with van der Waals surface area (Å²) < 4.78 is 17.8. The molecule has 0 amide bonds. The molecule has 1 rings (SSSR count). The Morgan fingerprint density at radius 3 is 2.81 bits per heavy atom. The summed E-state index contributed by atoms with van der Waals surface area (Å²) in [5.41, 5.74) is 7.13. The van der Waals surface area contributed by atoms with Gasteiger partial charge in [-0.25, -0.2) is 4.39 Å². The van der Waals surface area contributed by atoms with Gasteiger partial charge < -0.3 is 10.5 Å². The maximum absolute atomic E-state index is 13.3. The van der Waals surface area contributed by atoms with E-state index >= 15 is 0 Å². The number of nitrogens with two attached hydrogens (primary N) is 1. The van der Waals surface area contributed by atoms with E-state index in [0.29, 0.717) is 17.5 Å². The van der Waals surface area contributed by atoms with Crippen molar-refractivity contribution in [3.05, 3.63) is 35.1 Å². The SMILES string of the molecule is COC(=O)CCC(N)c1ccc(C)c(F)c1. The smallest absolute Gasteiger partial charge is 0.305 e. The second-order valence-corrected chi connectivity index (χ2v) is 3.73. The molecule has 16 heavy (non-hydrogen) atoms. The second-order valence-electron chi connectivity index (χ2n) is 3.73. The zero-order valence-corrected chi connectivity index (χ0v) is 9.50. The molecule has 0 radical (unpaired) electrons. The quantitative estimate of drug-likeness (QED) is 0.798. The highest BCUT2D eigenvalue weighted by Gasteiger charge is 2.10. The van der Waals surface area contributed by atoms with Gasteiger partial charge in [0.1, 0.15) is 5.82 Å². The summed E-state index contributed by atoms with van der Waals surface area (Å²) in [5.74, 6) is -0.575. The number of esters is 1. The standard InChI is InChI=1S/C12H16FNO2/c1-8-3-4-9(7-10(8)13)11(14)5-6-12(15)16-2/h3-4,7,11H,5-6,14H2,1-2H3. The molecular weight excluding hydrogens is 209 g/mol. The number of carbonyl (C=O) groups is 1. The Morgan fingerprint density at radius 2 is 2.25 bits per heavy atom. The Kier molecular flexibility index (Phi) is 4.43. The van der Waals surface area contributed by atoms with E-state index in [2.05, 4.69) is 4.74 Å². The summed E-state index contributed by atoms with van der Waals surface area (Å²) in [4.78, 5) is 10.9. The van der Waals surface area contributed by atoms with E-state index in [0.717, 1.165) is 0 Å². The Hall–Kier alpha value is -1.42. The van der Waals surface area contributed by atoms with Crippen molar-refractivity contribution in [2.75, 3.05) is 7.11 Å². The Balaban J connectivity index is 2.62. The highest BCUT2D eigenvalue weighted by molar-refractivity contribution is 5.69. The maximum Gasteiger partial charge on any atom is 0.305 e. The van der Waals surface area contributed by atoms with E-state index in [4.69, 9.17) is 5.73 Å². The normalized spacial score (nSPS) is 12.2. The number of aryl methyl sites for hydroxylation is 1.